The van der Waals surface area contributed by atoms with Gasteiger partial charge in [-0.1, -0.05) is 30.3 Å². The van der Waals surface area contributed by atoms with Crippen molar-refractivity contribution in [2.24, 2.45) is 5.73 Å². The zero-order chi connectivity index (χ0) is 13.0. The number of carboxylic acid groups (broad SMARTS) is 1. The quantitative estimate of drug-likeness (QED) is 0.839. The van der Waals surface area contributed by atoms with Gasteiger partial charge in [-0.25, -0.2) is 9.97 Å². The zero-order valence-corrected chi connectivity index (χ0v) is 9.65. The maximum Gasteiger partial charge on any atom is 0.320 e. The Morgan fingerprint density at radius 3 is 2.39 bits per heavy atom. The van der Waals surface area contributed by atoms with Gasteiger partial charge in [0.05, 0.1) is 0 Å². The number of hydrogen-bond donors (Lipinski definition) is 2. The highest BCUT2D eigenvalue weighted by molar-refractivity contribution is 5.73. The highest BCUT2D eigenvalue weighted by atomic mass is 16.4. The van der Waals surface area contributed by atoms with Crippen LogP contribution in [-0.2, 0) is 11.2 Å². The lowest BCUT2D eigenvalue weighted by Gasteiger charge is -2.06. The summed E-state index contributed by atoms with van der Waals surface area (Å²) in [4.78, 5) is 19.0. The summed E-state index contributed by atoms with van der Waals surface area (Å²) in [6, 6.07) is 8.65. The Labute approximate surface area is 104 Å². The molecular weight excluding hydrogens is 230 g/mol. The van der Waals surface area contributed by atoms with Gasteiger partial charge in [0.15, 0.2) is 5.82 Å². The Morgan fingerprint density at radius 1 is 1.22 bits per heavy atom. The van der Waals surface area contributed by atoms with Crippen molar-refractivity contribution in [2.45, 2.75) is 12.5 Å². The smallest absolute Gasteiger partial charge is 0.320 e. The van der Waals surface area contributed by atoms with Crippen molar-refractivity contribution in [2.75, 3.05) is 0 Å². The summed E-state index contributed by atoms with van der Waals surface area (Å²) >= 11 is 0. The van der Waals surface area contributed by atoms with Crippen LogP contribution in [0.25, 0.3) is 11.4 Å². The fourth-order valence-corrected chi connectivity index (χ4v) is 1.54. The summed E-state index contributed by atoms with van der Waals surface area (Å²) in [7, 11) is 0. The molecule has 92 valence electrons. The van der Waals surface area contributed by atoms with Crippen molar-refractivity contribution in [3.63, 3.8) is 0 Å². The van der Waals surface area contributed by atoms with Crippen LogP contribution in [0.5, 0.6) is 0 Å². The van der Waals surface area contributed by atoms with E-state index in [0.29, 0.717) is 11.4 Å². The second-order valence-corrected chi connectivity index (χ2v) is 3.93. The molecule has 2 aromatic rings. The predicted octanol–water partition coefficient (Wildman–Crippen LogP) is 1.10. The second-order valence-electron chi connectivity index (χ2n) is 3.93. The maximum atomic E-state index is 10.6. The molecule has 1 atom stereocenters. The predicted molar refractivity (Wildman–Crippen MR) is 66.8 cm³/mol. The van der Waals surface area contributed by atoms with E-state index in [9.17, 15) is 4.79 Å². The standard InChI is InChI=1S/C13H13N3O2/c14-11(13(17)18)6-9-7-15-12(16-8-9)10-4-2-1-3-5-10/h1-5,7-8,11H,6,14H2,(H,17,18). The molecule has 18 heavy (non-hydrogen) atoms. The van der Waals surface area contributed by atoms with Gasteiger partial charge in [-0.3, -0.25) is 4.79 Å². The number of nitrogens with two attached hydrogens (primary N) is 1. The van der Waals surface area contributed by atoms with Gasteiger partial charge in [0.25, 0.3) is 0 Å². The van der Waals surface area contributed by atoms with Crippen LogP contribution < -0.4 is 5.73 Å². The van der Waals surface area contributed by atoms with Gasteiger partial charge in [0.1, 0.15) is 6.04 Å². The molecular formula is C13H13N3O2. The first kappa shape index (κ1) is 12.2. The molecule has 0 saturated heterocycles. The van der Waals surface area contributed by atoms with E-state index in [-0.39, 0.29) is 6.42 Å². The van der Waals surface area contributed by atoms with E-state index >= 15 is 0 Å². The molecule has 0 aliphatic carbocycles. The Bertz CT molecular complexity index is 526. The van der Waals surface area contributed by atoms with E-state index in [1.807, 2.05) is 30.3 Å². The average molecular weight is 243 g/mol. The number of aliphatic carboxylic acids is 1. The van der Waals surface area contributed by atoms with Crippen LogP contribution in [0.2, 0.25) is 0 Å². The van der Waals surface area contributed by atoms with Crippen LogP contribution >= 0.6 is 0 Å². The molecule has 0 aliphatic rings. The SMILES string of the molecule is NC(Cc1cnc(-c2ccccc2)nc1)C(=O)O. The third kappa shape index (κ3) is 2.89. The van der Waals surface area contributed by atoms with E-state index in [1.54, 1.807) is 12.4 Å². The molecule has 1 aromatic heterocycles. The lowest BCUT2D eigenvalue weighted by molar-refractivity contribution is -0.138. The van der Waals surface area contributed by atoms with Gasteiger partial charge in [0, 0.05) is 24.4 Å². The molecule has 5 nitrogen and oxygen atoms in total. The van der Waals surface area contributed by atoms with E-state index in [0.717, 1.165) is 5.56 Å². The maximum absolute atomic E-state index is 10.6. The van der Waals surface area contributed by atoms with Gasteiger partial charge < -0.3 is 10.8 Å². The Balaban J connectivity index is 2.13. The molecule has 1 heterocycles. The first-order valence-electron chi connectivity index (χ1n) is 5.51. The summed E-state index contributed by atoms with van der Waals surface area (Å²) in [5, 5.41) is 8.71. The molecule has 0 radical (unpaired) electrons. The summed E-state index contributed by atoms with van der Waals surface area (Å²) in [5.74, 6) is -0.412. The third-order valence-electron chi connectivity index (χ3n) is 2.51. The highest BCUT2D eigenvalue weighted by Gasteiger charge is 2.12. The highest BCUT2D eigenvalue weighted by Crippen LogP contribution is 2.13. The minimum absolute atomic E-state index is 0.227. The van der Waals surface area contributed by atoms with Crippen LogP contribution in [0.3, 0.4) is 0 Å². The molecule has 1 aromatic carbocycles. The number of benzene rings is 1. The molecule has 0 spiro atoms. The van der Waals surface area contributed by atoms with Gasteiger partial charge in [-0.15, -0.1) is 0 Å². The summed E-state index contributed by atoms with van der Waals surface area (Å²) in [6.45, 7) is 0. The first-order chi connectivity index (χ1) is 8.66. The third-order valence-corrected chi connectivity index (χ3v) is 2.51. The number of aromatic nitrogens is 2. The Morgan fingerprint density at radius 2 is 1.83 bits per heavy atom. The van der Waals surface area contributed by atoms with E-state index in [1.165, 1.54) is 0 Å². The van der Waals surface area contributed by atoms with Crippen LogP contribution in [0.1, 0.15) is 5.56 Å². The molecule has 0 saturated carbocycles. The molecule has 0 fully saturated rings. The van der Waals surface area contributed by atoms with E-state index in [4.69, 9.17) is 10.8 Å². The monoisotopic (exact) mass is 243 g/mol. The van der Waals surface area contributed by atoms with Crippen molar-refractivity contribution >= 4 is 5.97 Å². The molecule has 0 amide bonds. The lowest BCUT2D eigenvalue weighted by Crippen LogP contribution is -2.32. The lowest BCUT2D eigenvalue weighted by atomic mass is 10.1. The first-order valence-corrected chi connectivity index (χ1v) is 5.51. The van der Waals surface area contributed by atoms with Crippen molar-refractivity contribution < 1.29 is 9.90 Å². The van der Waals surface area contributed by atoms with Crippen LogP contribution in [0.15, 0.2) is 42.7 Å². The zero-order valence-electron chi connectivity index (χ0n) is 9.65. The fraction of sp³-hybridized carbons (Fsp3) is 0.154. The van der Waals surface area contributed by atoms with Crippen molar-refractivity contribution in [3.05, 3.63) is 48.3 Å². The van der Waals surface area contributed by atoms with Crippen LogP contribution in [-0.4, -0.2) is 27.1 Å². The second kappa shape index (κ2) is 5.37. The van der Waals surface area contributed by atoms with Crippen molar-refractivity contribution in [3.8, 4) is 11.4 Å². The van der Waals surface area contributed by atoms with E-state index < -0.39 is 12.0 Å². The van der Waals surface area contributed by atoms with Crippen molar-refractivity contribution in [1.82, 2.24) is 9.97 Å². The largest absolute Gasteiger partial charge is 0.480 e. The number of nitrogens with zero attached hydrogens (tertiary/aromatic N) is 2. The number of hydrogen-bond acceptors (Lipinski definition) is 4. The van der Waals surface area contributed by atoms with Gasteiger partial charge in [-0.05, 0) is 5.56 Å². The van der Waals surface area contributed by atoms with Crippen LogP contribution in [0, 0.1) is 0 Å². The number of carbonyl (C=O) groups is 1. The molecule has 3 N–H and O–H groups in total. The topological polar surface area (TPSA) is 89.1 Å². The summed E-state index contributed by atoms with van der Waals surface area (Å²) < 4.78 is 0. The minimum Gasteiger partial charge on any atom is -0.480 e. The molecule has 0 aliphatic heterocycles. The molecule has 2 rings (SSSR count). The molecule has 5 heteroatoms. The number of rotatable bonds is 4. The van der Waals surface area contributed by atoms with Crippen LogP contribution in [0.4, 0.5) is 0 Å². The average Bonchev–Trinajstić information content (AvgIpc) is 2.40. The van der Waals surface area contributed by atoms with Crippen molar-refractivity contribution in [1.29, 1.82) is 0 Å². The normalized spacial score (nSPS) is 12.1. The van der Waals surface area contributed by atoms with E-state index in [2.05, 4.69) is 9.97 Å². The molecule has 0 bridgehead atoms. The Hall–Kier alpha value is -2.27. The fourth-order valence-electron chi connectivity index (χ4n) is 1.54. The summed E-state index contributed by atoms with van der Waals surface area (Å²) in [6.07, 6.45) is 3.45. The summed E-state index contributed by atoms with van der Waals surface area (Å²) in [5.41, 5.74) is 7.08. The van der Waals surface area contributed by atoms with Gasteiger partial charge >= 0.3 is 5.97 Å². The molecule has 1 unspecified atom stereocenters. The minimum atomic E-state index is -1.03. The van der Waals surface area contributed by atoms with Gasteiger partial charge in [0.2, 0.25) is 0 Å². The number of carboxylic acids is 1. The van der Waals surface area contributed by atoms with Gasteiger partial charge in [-0.2, -0.15) is 0 Å². The Kier molecular flexibility index (Phi) is 3.64.